The molecule has 0 fully saturated rings. The number of aryl methyl sites for hydroxylation is 1. The van der Waals surface area contributed by atoms with E-state index in [4.69, 9.17) is 9.47 Å². The molecule has 2 aromatic carbocycles. The van der Waals surface area contributed by atoms with Crippen LogP contribution in [0.25, 0.3) is 6.08 Å². The van der Waals surface area contributed by atoms with Crippen LogP contribution in [0, 0.1) is 6.92 Å². The minimum absolute atomic E-state index is 0.0677. The molecule has 1 N–H and O–H groups in total. The molecule has 3 aromatic rings. The molecule has 0 aliphatic heterocycles. The van der Waals surface area contributed by atoms with E-state index in [9.17, 15) is 9.59 Å². The van der Waals surface area contributed by atoms with Crippen LogP contribution in [0.3, 0.4) is 0 Å². The lowest BCUT2D eigenvalue weighted by Gasteiger charge is -2.13. The van der Waals surface area contributed by atoms with Gasteiger partial charge in [-0.3, -0.25) is 9.59 Å². The highest BCUT2D eigenvalue weighted by atomic mass is 79.9. The van der Waals surface area contributed by atoms with Crippen molar-refractivity contribution < 1.29 is 19.1 Å². The van der Waals surface area contributed by atoms with Gasteiger partial charge in [0.05, 0.1) is 11.5 Å². The Morgan fingerprint density at radius 3 is 2.61 bits per heavy atom. The Kier molecular flexibility index (Phi) is 8.03. The summed E-state index contributed by atoms with van der Waals surface area (Å²) in [6.07, 6.45) is 3.26. The highest BCUT2D eigenvalue weighted by molar-refractivity contribution is 9.10. The number of allylic oxidation sites excluding steroid dienone is 1. The van der Waals surface area contributed by atoms with Crippen molar-refractivity contribution in [3.63, 3.8) is 0 Å². The number of hydrogen-bond acceptors (Lipinski definition) is 5. The summed E-state index contributed by atoms with van der Waals surface area (Å²) in [4.78, 5) is 25.2. The molecule has 7 heteroatoms. The van der Waals surface area contributed by atoms with E-state index in [1.54, 1.807) is 24.3 Å². The number of rotatable bonds is 9. The van der Waals surface area contributed by atoms with Gasteiger partial charge < -0.3 is 14.8 Å². The average Bonchev–Trinajstić information content (AvgIpc) is 3.19. The van der Waals surface area contributed by atoms with Gasteiger partial charge in [0.25, 0.3) is 5.91 Å². The Balaban J connectivity index is 1.65. The number of carbonyl (C=O) groups excluding carboxylic acids is 2. The van der Waals surface area contributed by atoms with E-state index in [-0.39, 0.29) is 18.3 Å². The predicted molar refractivity (Wildman–Crippen MR) is 128 cm³/mol. The number of carbonyl (C=O) groups is 2. The summed E-state index contributed by atoms with van der Waals surface area (Å²) in [6.45, 7) is 4.10. The molecule has 0 bridgehead atoms. The first kappa shape index (κ1) is 22.8. The lowest BCUT2D eigenvalue weighted by molar-refractivity contribution is -0.118. The number of amides is 1. The Bertz CT molecular complexity index is 1110. The van der Waals surface area contributed by atoms with Gasteiger partial charge in [-0.05, 0) is 71.2 Å². The van der Waals surface area contributed by atoms with E-state index in [1.807, 2.05) is 49.6 Å². The van der Waals surface area contributed by atoms with Gasteiger partial charge in [-0.15, -0.1) is 11.3 Å². The van der Waals surface area contributed by atoms with Gasteiger partial charge in [0.2, 0.25) is 0 Å². The number of thiophene rings is 1. The summed E-state index contributed by atoms with van der Waals surface area (Å²) < 4.78 is 12.2. The molecule has 0 unspecified atom stereocenters. The summed E-state index contributed by atoms with van der Waals surface area (Å²) in [5.74, 6) is 0.655. The zero-order chi connectivity index (χ0) is 22.2. The van der Waals surface area contributed by atoms with E-state index in [1.165, 1.54) is 17.4 Å². The molecule has 1 heterocycles. The van der Waals surface area contributed by atoms with Crippen LogP contribution in [0.5, 0.6) is 11.5 Å². The number of nitrogens with one attached hydrogen (secondary N) is 1. The number of benzene rings is 2. The standard InChI is InChI=1S/C24H22BrNO4S/c1-3-29-22-12-17(8-10-20(27)23-13-18(25)15-31-23)9-11-21(22)30-14-24(28)26-19-7-5-4-6-16(19)2/h4-13,15H,3,14H2,1-2H3,(H,26,28)/b10-8+. The molecule has 0 saturated carbocycles. The zero-order valence-corrected chi connectivity index (χ0v) is 19.6. The maximum atomic E-state index is 12.3. The molecule has 31 heavy (non-hydrogen) atoms. The number of ether oxygens (including phenoxy) is 2. The molecule has 0 radical (unpaired) electrons. The van der Waals surface area contributed by atoms with Crippen molar-refractivity contribution in [2.75, 3.05) is 18.5 Å². The quantitative estimate of drug-likeness (QED) is 0.284. The van der Waals surface area contributed by atoms with E-state index >= 15 is 0 Å². The molecular formula is C24H22BrNO4S. The predicted octanol–water partition coefficient (Wildman–Crippen LogP) is 6.13. The fourth-order valence-corrected chi connectivity index (χ4v) is 4.10. The van der Waals surface area contributed by atoms with Crippen molar-refractivity contribution in [1.82, 2.24) is 0 Å². The van der Waals surface area contributed by atoms with Crippen LogP contribution in [-0.2, 0) is 4.79 Å². The second-order valence-electron chi connectivity index (χ2n) is 6.62. The second-order valence-corrected chi connectivity index (χ2v) is 8.44. The fraction of sp³-hybridized carbons (Fsp3) is 0.167. The van der Waals surface area contributed by atoms with E-state index < -0.39 is 0 Å². The van der Waals surface area contributed by atoms with Crippen molar-refractivity contribution in [2.24, 2.45) is 0 Å². The Labute approximate surface area is 193 Å². The summed E-state index contributed by atoms with van der Waals surface area (Å²) in [5, 5.41) is 4.71. The molecular weight excluding hydrogens is 478 g/mol. The maximum absolute atomic E-state index is 12.3. The summed E-state index contributed by atoms with van der Waals surface area (Å²) in [7, 11) is 0. The maximum Gasteiger partial charge on any atom is 0.262 e. The number of ketones is 1. The number of anilines is 1. The third-order valence-electron chi connectivity index (χ3n) is 4.28. The third kappa shape index (κ3) is 6.54. The van der Waals surface area contributed by atoms with E-state index in [2.05, 4.69) is 21.2 Å². The smallest absolute Gasteiger partial charge is 0.262 e. The first-order chi connectivity index (χ1) is 15.0. The molecule has 1 amide bonds. The first-order valence-electron chi connectivity index (χ1n) is 9.68. The van der Waals surface area contributed by atoms with Gasteiger partial charge in [-0.1, -0.05) is 30.3 Å². The van der Waals surface area contributed by atoms with Crippen molar-refractivity contribution >= 4 is 50.7 Å². The normalized spacial score (nSPS) is 10.8. The van der Waals surface area contributed by atoms with Crippen molar-refractivity contribution in [3.8, 4) is 11.5 Å². The topological polar surface area (TPSA) is 64.6 Å². The average molecular weight is 500 g/mol. The fourth-order valence-electron chi connectivity index (χ4n) is 2.75. The van der Waals surface area contributed by atoms with Crippen LogP contribution in [0.2, 0.25) is 0 Å². The molecule has 0 aliphatic carbocycles. The van der Waals surface area contributed by atoms with Gasteiger partial charge in [-0.2, -0.15) is 0 Å². The Morgan fingerprint density at radius 1 is 1.10 bits per heavy atom. The number of para-hydroxylation sites is 1. The van der Waals surface area contributed by atoms with Crippen LogP contribution < -0.4 is 14.8 Å². The Morgan fingerprint density at radius 2 is 1.90 bits per heavy atom. The minimum atomic E-state index is -0.256. The van der Waals surface area contributed by atoms with Gasteiger partial charge in [0, 0.05) is 15.5 Å². The summed E-state index contributed by atoms with van der Waals surface area (Å²) >= 11 is 4.74. The molecule has 0 spiro atoms. The Hall–Kier alpha value is -2.90. The van der Waals surface area contributed by atoms with Crippen molar-refractivity contribution in [2.45, 2.75) is 13.8 Å². The molecule has 0 saturated heterocycles. The monoisotopic (exact) mass is 499 g/mol. The SMILES string of the molecule is CCOc1cc(/C=C/C(=O)c2cc(Br)cs2)ccc1OCC(=O)Nc1ccccc1C. The minimum Gasteiger partial charge on any atom is -0.490 e. The molecule has 5 nitrogen and oxygen atoms in total. The van der Waals surface area contributed by atoms with Crippen LogP contribution in [0.1, 0.15) is 27.7 Å². The van der Waals surface area contributed by atoms with Gasteiger partial charge >= 0.3 is 0 Å². The van der Waals surface area contributed by atoms with Crippen LogP contribution in [0.15, 0.2) is 64.5 Å². The summed E-state index contributed by atoms with van der Waals surface area (Å²) in [5.41, 5.74) is 2.53. The lowest BCUT2D eigenvalue weighted by atomic mass is 10.1. The summed E-state index contributed by atoms with van der Waals surface area (Å²) in [6, 6.07) is 14.7. The number of hydrogen-bond donors (Lipinski definition) is 1. The molecule has 160 valence electrons. The van der Waals surface area contributed by atoms with Crippen molar-refractivity contribution in [3.05, 3.63) is 80.5 Å². The van der Waals surface area contributed by atoms with Crippen LogP contribution >= 0.6 is 27.3 Å². The van der Waals surface area contributed by atoms with E-state index in [0.717, 1.165) is 21.3 Å². The lowest BCUT2D eigenvalue weighted by Crippen LogP contribution is -2.20. The number of halogens is 1. The molecule has 1 aromatic heterocycles. The highest BCUT2D eigenvalue weighted by Crippen LogP contribution is 2.29. The molecule has 3 rings (SSSR count). The van der Waals surface area contributed by atoms with E-state index in [0.29, 0.717) is 23.0 Å². The van der Waals surface area contributed by atoms with Gasteiger partial charge in [0.1, 0.15) is 0 Å². The van der Waals surface area contributed by atoms with Crippen molar-refractivity contribution in [1.29, 1.82) is 0 Å². The first-order valence-corrected chi connectivity index (χ1v) is 11.3. The molecule has 0 aliphatic rings. The van der Waals surface area contributed by atoms with Crippen LogP contribution in [0.4, 0.5) is 5.69 Å². The zero-order valence-electron chi connectivity index (χ0n) is 17.2. The van der Waals surface area contributed by atoms with Crippen LogP contribution in [-0.4, -0.2) is 24.9 Å². The van der Waals surface area contributed by atoms with Gasteiger partial charge in [0.15, 0.2) is 23.9 Å². The van der Waals surface area contributed by atoms with Gasteiger partial charge in [-0.25, -0.2) is 0 Å². The largest absolute Gasteiger partial charge is 0.490 e. The molecule has 0 atom stereocenters. The second kappa shape index (κ2) is 10.9. The third-order valence-corrected chi connectivity index (χ3v) is 5.99. The highest BCUT2D eigenvalue weighted by Gasteiger charge is 2.10.